The molecule has 1 aliphatic heterocycles. The van der Waals surface area contributed by atoms with E-state index in [-0.39, 0.29) is 5.91 Å². The number of carbonyl (C=O) groups excluding carboxylic acids is 1. The van der Waals surface area contributed by atoms with Crippen LogP contribution in [-0.4, -0.2) is 42.0 Å². The third kappa shape index (κ3) is 3.39. The summed E-state index contributed by atoms with van der Waals surface area (Å²) in [7, 11) is 0. The molecule has 128 valence electrons. The standard InChI is InChI=1S/C19H17BrClN3O/c20-14-5-4-13-10-18(22-17(13)11-14)19(25)24-8-6-23(7-9-24)16-3-1-2-15(21)12-16/h1-5,10-12,22H,6-9H2. The van der Waals surface area contributed by atoms with Crippen LogP contribution in [0.5, 0.6) is 0 Å². The molecule has 0 saturated carbocycles. The molecule has 0 atom stereocenters. The lowest BCUT2D eigenvalue weighted by atomic mass is 10.2. The maximum absolute atomic E-state index is 12.8. The maximum Gasteiger partial charge on any atom is 0.270 e. The number of halogens is 2. The van der Waals surface area contributed by atoms with Crippen molar-refractivity contribution in [2.24, 2.45) is 0 Å². The summed E-state index contributed by atoms with van der Waals surface area (Å²) in [4.78, 5) is 20.2. The van der Waals surface area contributed by atoms with Gasteiger partial charge in [0.05, 0.1) is 0 Å². The monoisotopic (exact) mass is 417 g/mol. The molecule has 3 aromatic rings. The molecule has 2 heterocycles. The van der Waals surface area contributed by atoms with Gasteiger partial charge in [0.25, 0.3) is 5.91 Å². The number of aromatic nitrogens is 1. The molecule has 4 nitrogen and oxygen atoms in total. The first-order valence-corrected chi connectivity index (χ1v) is 9.35. The summed E-state index contributed by atoms with van der Waals surface area (Å²) in [5, 5.41) is 1.78. The normalized spacial score (nSPS) is 15.0. The molecule has 4 rings (SSSR count). The molecule has 0 radical (unpaired) electrons. The van der Waals surface area contributed by atoms with Crippen molar-refractivity contribution in [3.8, 4) is 0 Å². The smallest absolute Gasteiger partial charge is 0.270 e. The Bertz CT molecular complexity index is 931. The number of H-pyrrole nitrogens is 1. The van der Waals surface area contributed by atoms with Gasteiger partial charge in [-0.3, -0.25) is 4.79 Å². The summed E-state index contributed by atoms with van der Waals surface area (Å²) in [5.41, 5.74) is 2.72. The van der Waals surface area contributed by atoms with Gasteiger partial charge in [-0.25, -0.2) is 0 Å². The van der Waals surface area contributed by atoms with Gasteiger partial charge in [0.2, 0.25) is 0 Å². The number of amides is 1. The van der Waals surface area contributed by atoms with Crippen molar-refractivity contribution in [3.63, 3.8) is 0 Å². The molecule has 6 heteroatoms. The zero-order valence-corrected chi connectivity index (χ0v) is 15.8. The van der Waals surface area contributed by atoms with Gasteiger partial charge in [-0.1, -0.05) is 39.7 Å². The fourth-order valence-electron chi connectivity index (χ4n) is 3.23. The molecule has 1 amide bonds. The predicted octanol–water partition coefficient (Wildman–Crippen LogP) is 4.55. The van der Waals surface area contributed by atoms with E-state index in [2.05, 4.69) is 31.9 Å². The van der Waals surface area contributed by atoms with E-state index < -0.39 is 0 Å². The summed E-state index contributed by atoms with van der Waals surface area (Å²) in [6.07, 6.45) is 0. The van der Waals surface area contributed by atoms with Crippen molar-refractivity contribution < 1.29 is 4.79 Å². The summed E-state index contributed by atoms with van der Waals surface area (Å²) < 4.78 is 0.996. The highest BCUT2D eigenvalue weighted by atomic mass is 79.9. The first kappa shape index (κ1) is 16.5. The molecular formula is C19H17BrClN3O. The van der Waals surface area contributed by atoms with Crippen LogP contribution in [0.1, 0.15) is 10.5 Å². The van der Waals surface area contributed by atoms with Crippen LogP contribution in [0.4, 0.5) is 5.69 Å². The lowest BCUT2D eigenvalue weighted by molar-refractivity contribution is 0.0742. The Balaban J connectivity index is 1.47. The SMILES string of the molecule is O=C(c1cc2ccc(Br)cc2[nH]1)N1CCN(c2cccc(Cl)c2)CC1. The number of nitrogens with one attached hydrogen (secondary N) is 1. The van der Waals surface area contributed by atoms with Crippen molar-refractivity contribution in [3.05, 3.63) is 63.7 Å². The molecular weight excluding hydrogens is 402 g/mol. The van der Waals surface area contributed by atoms with E-state index in [1.807, 2.05) is 47.4 Å². The average Bonchev–Trinajstić information content (AvgIpc) is 3.04. The molecule has 1 N–H and O–H groups in total. The van der Waals surface area contributed by atoms with E-state index in [9.17, 15) is 4.79 Å². The van der Waals surface area contributed by atoms with Gasteiger partial charge in [0.15, 0.2) is 0 Å². The van der Waals surface area contributed by atoms with Gasteiger partial charge >= 0.3 is 0 Å². The van der Waals surface area contributed by atoms with Crippen LogP contribution in [0.2, 0.25) is 5.02 Å². The minimum Gasteiger partial charge on any atom is -0.368 e. The summed E-state index contributed by atoms with van der Waals surface area (Å²) in [6, 6.07) is 15.7. The van der Waals surface area contributed by atoms with Gasteiger partial charge in [-0.15, -0.1) is 0 Å². The van der Waals surface area contributed by atoms with Crippen LogP contribution < -0.4 is 4.90 Å². The highest BCUT2D eigenvalue weighted by molar-refractivity contribution is 9.10. The van der Waals surface area contributed by atoms with Crippen LogP contribution >= 0.6 is 27.5 Å². The summed E-state index contributed by atoms with van der Waals surface area (Å²) >= 11 is 9.53. The zero-order valence-electron chi connectivity index (χ0n) is 13.5. The molecule has 1 fully saturated rings. The van der Waals surface area contributed by atoms with Crippen molar-refractivity contribution in [2.45, 2.75) is 0 Å². The number of hydrogen-bond acceptors (Lipinski definition) is 2. The van der Waals surface area contributed by atoms with Crippen LogP contribution in [0.15, 0.2) is 53.0 Å². The van der Waals surface area contributed by atoms with Gasteiger partial charge in [0, 0.05) is 52.3 Å². The van der Waals surface area contributed by atoms with E-state index in [0.717, 1.165) is 39.2 Å². The number of nitrogens with zero attached hydrogens (tertiary/aromatic N) is 2. The molecule has 25 heavy (non-hydrogen) atoms. The second-order valence-electron chi connectivity index (χ2n) is 6.17. The number of aromatic amines is 1. The van der Waals surface area contributed by atoms with E-state index in [4.69, 9.17) is 11.6 Å². The molecule has 1 aromatic heterocycles. The van der Waals surface area contributed by atoms with Crippen LogP contribution in [0.3, 0.4) is 0 Å². The maximum atomic E-state index is 12.8. The highest BCUT2D eigenvalue weighted by Gasteiger charge is 2.23. The molecule has 0 bridgehead atoms. The second-order valence-corrected chi connectivity index (χ2v) is 7.53. The first-order chi connectivity index (χ1) is 12.1. The number of hydrogen-bond donors (Lipinski definition) is 1. The molecule has 0 aliphatic carbocycles. The zero-order chi connectivity index (χ0) is 17.4. The van der Waals surface area contributed by atoms with Crippen LogP contribution in [-0.2, 0) is 0 Å². The first-order valence-electron chi connectivity index (χ1n) is 8.18. The van der Waals surface area contributed by atoms with Gasteiger partial charge in [-0.05, 0) is 36.4 Å². The summed E-state index contributed by atoms with van der Waals surface area (Å²) in [5.74, 6) is 0.0538. The molecule has 0 unspecified atom stereocenters. The number of carbonyl (C=O) groups is 1. The number of rotatable bonds is 2. The van der Waals surface area contributed by atoms with Crippen molar-refractivity contribution in [1.29, 1.82) is 0 Å². The second kappa shape index (κ2) is 6.73. The van der Waals surface area contributed by atoms with Gasteiger partial charge < -0.3 is 14.8 Å². The quantitative estimate of drug-likeness (QED) is 0.663. The topological polar surface area (TPSA) is 39.3 Å². The van der Waals surface area contributed by atoms with Gasteiger partial charge in [0.1, 0.15) is 5.69 Å². The summed E-state index contributed by atoms with van der Waals surface area (Å²) in [6.45, 7) is 3.00. The molecule has 2 aromatic carbocycles. The Morgan fingerprint density at radius 2 is 1.84 bits per heavy atom. The molecule has 0 spiro atoms. The Kier molecular flexibility index (Phi) is 4.44. The van der Waals surface area contributed by atoms with Crippen molar-refractivity contribution in [1.82, 2.24) is 9.88 Å². The van der Waals surface area contributed by atoms with Crippen molar-refractivity contribution >= 4 is 50.0 Å². The number of benzene rings is 2. The molecule has 1 saturated heterocycles. The van der Waals surface area contributed by atoms with Crippen LogP contribution in [0.25, 0.3) is 10.9 Å². The third-order valence-corrected chi connectivity index (χ3v) is 5.28. The van der Waals surface area contributed by atoms with Gasteiger partial charge in [-0.2, -0.15) is 0 Å². The van der Waals surface area contributed by atoms with E-state index >= 15 is 0 Å². The number of anilines is 1. The number of fused-ring (bicyclic) bond motifs is 1. The lowest BCUT2D eigenvalue weighted by Gasteiger charge is -2.36. The van der Waals surface area contributed by atoms with E-state index in [1.54, 1.807) is 0 Å². The average molecular weight is 419 g/mol. The Labute approximate surface area is 159 Å². The van der Waals surface area contributed by atoms with E-state index in [0.29, 0.717) is 18.8 Å². The van der Waals surface area contributed by atoms with Crippen molar-refractivity contribution in [2.75, 3.05) is 31.1 Å². The Morgan fingerprint density at radius 3 is 2.60 bits per heavy atom. The minimum absolute atomic E-state index is 0.0538. The predicted molar refractivity (Wildman–Crippen MR) is 106 cm³/mol. The van der Waals surface area contributed by atoms with Crippen LogP contribution in [0, 0.1) is 0 Å². The van der Waals surface area contributed by atoms with E-state index in [1.165, 1.54) is 0 Å². The Hall–Kier alpha value is -1.98. The molecule has 1 aliphatic rings. The third-order valence-electron chi connectivity index (χ3n) is 4.56. The number of piperazine rings is 1. The Morgan fingerprint density at radius 1 is 1.04 bits per heavy atom. The lowest BCUT2D eigenvalue weighted by Crippen LogP contribution is -2.48. The minimum atomic E-state index is 0.0538. The highest BCUT2D eigenvalue weighted by Crippen LogP contribution is 2.23. The fourth-order valence-corrected chi connectivity index (χ4v) is 3.77. The fraction of sp³-hybridized carbons (Fsp3) is 0.211. The largest absolute Gasteiger partial charge is 0.368 e.